The van der Waals surface area contributed by atoms with Crippen molar-refractivity contribution in [1.82, 2.24) is 15.4 Å². The van der Waals surface area contributed by atoms with E-state index in [-0.39, 0.29) is 35.5 Å². The number of carbonyl (C=O) groups is 2. The van der Waals surface area contributed by atoms with E-state index in [1.807, 2.05) is 0 Å². The second-order valence-corrected chi connectivity index (χ2v) is 6.03. The number of rotatable bonds is 1. The number of H-pyrrole nitrogens is 1. The van der Waals surface area contributed by atoms with Gasteiger partial charge in [0.2, 0.25) is 11.8 Å². The lowest BCUT2D eigenvalue weighted by molar-refractivity contribution is -0.123. The van der Waals surface area contributed by atoms with Gasteiger partial charge < -0.3 is 0 Å². The zero-order chi connectivity index (χ0) is 14.1. The molecule has 4 atom stereocenters. The van der Waals surface area contributed by atoms with E-state index >= 15 is 0 Å². The van der Waals surface area contributed by atoms with Crippen molar-refractivity contribution in [1.29, 1.82) is 0 Å². The van der Waals surface area contributed by atoms with E-state index < -0.39 is 0 Å². The summed E-state index contributed by atoms with van der Waals surface area (Å²) in [5.74, 6) is 0.00450. The Morgan fingerprint density at radius 1 is 1.10 bits per heavy atom. The van der Waals surface area contributed by atoms with Gasteiger partial charge in [-0.2, -0.15) is 0 Å². The molecule has 2 bridgehead atoms. The first-order valence-corrected chi connectivity index (χ1v) is 7.11. The van der Waals surface area contributed by atoms with Gasteiger partial charge in [-0.15, -0.1) is 5.10 Å². The Balaban J connectivity index is 1.61. The van der Waals surface area contributed by atoms with Crippen molar-refractivity contribution in [3.05, 3.63) is 30.4 Å². The zero-order valence-electron chi connectivity index (χ0n) is 11.1. The summed E-state index contributed by atoms with van der Waals surface area (Å²) in [4.78, 5) is 26.7. The minimum Gasteiger partial charge on any atom is -0.274 e. The summed E-state index contributed by atoms with van der Waals surface area (Å²) >= 11 is 0. The molecule has 2 fully saturated rings. The number of aromatic nitrogens is 3. The van der Waals surface area contributed by atoms with E-state index in [0.29, 0.717) is 11.2 Å². The molecule has 3 aliphatic rings. The van der Waals surface area contributed by atoms with Gasteiger partial charge in [0.15, 0.2) is 0 Å². The molecule has 1 aromatic carbocycles. The van der Waals surface area contributed by atoms with Gasteiger partial charge >= 0.3 is 0 Å². The molecule has 2 aromatic rings. The lowest BCUT2D eigenvalue weighted by Crippen LogP contribution is -2.32. The van der Waals surface area contributed by atoms with E-state index in [0.717, 1.165) is 11.9 Å². The number of hydrogen-bond donors (Lipinski definition) is 1. The molecule has 2 aliphatic carbocycles. The maximum Gasteiger partial charge on any atom is 0.238 e. The van der Waals surface area contributed by atoms with Gasteiger partial charge in [-0.05, 0) is 36.5 Å². The third kappa shape index (κ3) is 1.27. The molecule has 1 saturated heterocycles. The number of amides is 2. The number of fused-ring (bicyclic) bond motifs is 6. The smallest absolute Gasteiger partial charge is 0.238 e. The molecule has 0 radical (unpaired) electrons. The van der Waals surface area contributed by atoms with Crippen LogP contribution in [0.1, 0.15) is 6.42 Å². The fourth-order valence-electron chi connectivity index (χ4n) is 4.13. The Hall–Kier alpha value is -2.50. The second kappa shape index (κ2) is 3.58. The summed E-state index contributed by atoms with van der Waals surface area (Å²) in [6.45, 7) is 0. The van der Waals surface area contributed by atoms with Gasteiger partial charge in [-0.3, -0.25) is 14.7 Å². The Labute approximate surface area is 119 Å². The molecule has 0 unspecified atom stereocenters. The third-order valence-corrected chi connectivity index (χ3v) is 5.04. The maximum absolute atomic E-state index is 12.7. The summed E-state index contributed by atoms with van der Waals surface area (Å²) in [6, 6.07) is 5.31. The maximum atomic E-state index is 12.7. The summed E-state index contributed by atoms with van der Waals surface area (Å²) in [5, 5.41) is 10.4. The van der Waals surface area contributed by atoms with Crippen LogP contribution < -0.4 is 4.90 Å². The number of benzene rings is 1. The molecule has 104 valence electrons. The number of anilines is 1. The third-order valence-electron chi connectivity index (χ3n) is 5.04. The quantitative estimate of drug-likeness (QED) is 0.630. The summed E-state index contributed by atoms with van der Waals surface area (Å²) in [5.41, 5.74) is 2.05. The number of aromatic amines is 1. The first-order valence-electron chi connectivity index (χ1n) is 7.11. The van der Waals surface area contributed by atoms with Crippen LogP contribution in [0, 0.1) is 23.7 Å². The highest BCUT2D eigenvalue weighted by Crippen LogP contribution is 2.53. The predicted octanol–water partition coefficient (Wildman–Crippen LogP) is 1.27. The Kier molecular flexibility index (Phi) is 1.91. The van der Waals surface area contributed by atoms with Gasteiger partial charge in [0.1, 0.15) is 5.52 Å². The van der Waals surface area contributed by atoms with Crippen molar-refractivity contribution in [2.75, 3.05) is 4.90 Å². The van der Waals surface area contributed by atoms with Gasteiger partial charge in [0.25, 0.3) is 0 Å². The molecule has 0 spiro atoms. The van der Waals surface area contributed by atoms with Crippen molar-refractivity contribution in [2.45, 2.75) is 6.42 Å². The van der Waals surface area contributed by atoms with E-state index in [1.54, 1.807) is 18.2 Å². The van der Waals surface area contributed by atoms with Crippen LogP contribution in [0.2, 0.25) is 0 Å². The van der Waals surface area contributed by atoms with Crippen LogP contribution in [0.5, 0.6) is 0 Å². The van der Waals surface area contributed by atoms with Crippen LogP contribution in [-0.4, -0.2) is 27.2 Å². The molecule has 21 heavy (non-hydrogen) atoms. The van der Waals surface area contributed by atoms with Crippen molar-refractivity contribution < 1.29 is 9.59 Å². The van der Waals surface area contributed by atoms with Crippen LogP contribution >= 0.6 is 0 Å². The number of carbonyl (C=O) groups excluding carboxylic acids is 2. The topological polar surface area (TPSA) is 79.0 Å². The molecular formula is C15H12N4O2. The SMILES string of the molecule is O=C1[C@@H]2[C@H](C(=O)N1c1ccc3[nH]nnc3c1)[C@@H]1C=C[C@H]2C1. The van der Waals surface area contributed by atoms with Crippen LogP contribution in [0.3, 0.4) is 0 Å². The van der Waals surface area contributed by atoms with Crippen molar-refractivity contribution in [3.63, 3.8) is 0 Å². The van der Waals surface area contributed by atoms with E-state index in [4.69, 9.17) is 0 Å². The Bertz CT molecular complexity index is 794. The first-order chi connectivity index (χ1) is 10.2. The van der Waals surface area contributed by atoms with Gasteiger partial charge in [-0.1, -0.05) is 17.4 Å². The zero-order valence-corrected chi connectivity index (χ0v) is 11.1. The number of allylic oxidation sites excluding steroid dienone is 2. The van der Waals surface area contributed by atoms with Gasteiger partial charge in [-0.25, -0.2) is 4.90 Å². The van der Waals surface area contributed by atoms with Gasteiger partial charge in [0.05, 0.1) is 23.0 Å². The summed E-state index contributed by atoms with van der Waals surface area (Å²) < 4.78 is 0. The molecular weight excluding hydrogens is 268 g/mol. The molecule has 2 amide bonds. The molecule has 6 heteroatoms. The van der Waals surface area contributed by atoms with E-state index in [1.165, 1.54) is 4.90 Å². The monoisotopic (exact) mass is 280 g/mol. The lowest BCUT2D eigenvalue weighted by atomic mass is 9.85. The Morgan fingerprint density at radius 3 is 2.52 bits per heavy atom. The highest BCUT2D eigenvalue weighted by molar-refractivity contribution is 6.23. The molecule has 2 heterocycles. The molecule has 6 nitrogen and oxygen atoms in total. The molecule has 1 aliphatic heterocycles. The minimum absolute atomic E-state index is 0.0651. The number of nitrogens with zero attached hydrogens (tertiary/aromatic N) is 3. The first kappa shape index (κ1) is 11.2. The van der Waals surface area contributed by atoms with Crippen molar-refractivity contribution in [3.8, 4) is 0 Å². The molecule has 5 rings (SSSR count). The minimum atomic E-state index is -0.166. The van der Waals surface area contributed by atoms with Crippen LogP contribution in [0.25, 0.3) is 11.0 Å². The summed E-state index contributed by atoms with van der Waals surface area (Å²) in [7, 11) is 0. The normalized spacial score (nSPS) is 33.4. The largest absolute Gasteiger partial charge is 0.274 e. The fourth-order valence-corrected chi connectivity index (χ4v) is 4.13. The van der Waals surface area contributed by atoms with E-state index in [9.17, 15) is 9.59 Å². The standard InChI is InChI=1S/C15H12N4O2/c20-14-12-7-1-2-8(5-7)13(12)15(21)19(14)9-3-4-10-11(6-9)17-18-16-10/h1-4,6-8,12-13H,5H2,(H,16,17,18)/t7-,8+,12-,13+. The van der Waals surface area contributed by atoms with E-state index in [2.05, 4.69) is 27.6 Å². The Morgan fingerprint density at radius 2 is 1.81 bits per heavy atom. The fraction of sp³-hybridized carbons (Fsp3) is 0.333. The second-order valence-electron chi connectivity index (χ2n) is 6.03. The number of nitrogens with one attached hydrogen (secondary N) is 1. The van der Waals surface area contributed by atoms with Crippen LogP contribution in [0.4, 0.5) is 5.69 Å². The molecule has 1 aromatic heterocycles. The van der Waals surface area contributed by atoms with Gasteiger partial charge in [0, 0.05) is 0 Å². The van der Waals surface area contributed by atoms with Crippen LogP contribution in [0.15, 0.2) is 30.4 Å². The predicted molar refractivity (Wildman–Crippen MR) is 74.1 cm³/mol. The summed E-state index contributed by atoms with van der Waals surface area (Å²) in [6.07, 6.45) is 5.14. The molecule has 1 N–H and O–H groups in total. The lowest BCUT2D eigenvalue weighted by Gasteiger charge is -2.17. The average Bonchev–Trinajstić information content (AvgIpc) is 3.22. The highest BCUT2D eigenvalue weighted by atomic mass is 16.2. The van der Waals surface area contributed by atoms with Crippen LogP contribution in [-0.2, 0) is 9.59 Å². The average molecular weight is 280 g/mol. The van der Waals surface area contributed by atoms with Crippen molar-refractivity contribution >= 4 is 28.5 Å². The molecule has 1 saturated carbocycles. The van der Waals surface area contributed by atoms with Crippen molar-refractivity contribution in [2.24, 2.45) is 23.7 Å². The highest BCUT2D eigenvalue weighted by Gasteiger charge is 2.59. The number of hydrogen-bond acceptors (Lipinski definition) is 4. The number of imide groups is 1.